The van der Waals surface area contributed by atoms with Gasteiger partial charge in [0.25, 0.3) is 0 Å². The Bertz CT molecular complexity index is 1050. The maximum absolute atomic E-state index is 13.0. The highest BCUT2D eigenvalue weighted by molar-refractivity contribution is 7.88. The van der Waals surface area contributed by atoms with Gasteiger partial charge in [0, 0.05) is 23.4 Å². The summed E-state index contributed by atoms with van der Waals surface area (Å²) >= 11 is 0. The van der Waals surface area contributed by atoms with E-state index in [9.17, 15) is 21.6 Å². The van der Waals surface area contributed by atoms with Gasteiger partial charge in [-0.25, -0.2) is 0 Å². The molecule has 5 aliphatic rings. The molecule has 0 radical (unpaired) electrons. The average Bonchev–Trinajstić information content (AvgIpc) is 3.30. The number of ether oxygens (including phenoxy) is 3. The van der Waals surface area contributed by atoms with Crippen LogP contribution in [0.3, 0.4) is 0 Å². The number of nitrogens with zero attached hydrogens (tertiary/aromatic N) is 1. The van der Waals surface area contributed by atoms with Crippen LogP contribution >= 0.6 is 0 Å². The molecule has 170 valence electrons. The molecule has 1 aromatic carbocycles. The highest BCUT2D eigenvalue weighted by Crippen LogP contribution is 2.66. The molecule has 4 atom stereocenters. The van der Waals surface area contributed by atoms with E-state index in [-0.39, 0.29) is 17.7 Å². The van der Waals surface area contributed by atoms with E-state index in [2.05, 4.69) is 16.1 Å². The molecule has 3 fully saturated rings. The highest BCUT2D eigenvalue weighted by Gasteiger charge is 2.71. The minimum absolute atomic E-state index is 0.0868. The van der Waals surface area contributed by atoms with Crippen LogP contribution in [-0.2, 0) is 31.4 Å². The molecule has 2 aliphatic carbocycles. The first-order valence-corrected chi connectivity index (χ1v) is 11.8. The van der Waals surface area contributed by atoms with Crippen molar-refractivity contribution >= 4 is 10.1 Å². The fourth-order valence-electron chi connectivity index (χ4n) is 6.70. The predicted molar refractivity (Wildman–Crippen MR) is 100 cm³/mol. The van der Waals surface area contributed by atoms with E-state index in [0.717, 1.165) is 36.9 Å². The summed E-state index contributed by atoms with van der Waals surface area (Å²) in [5.74, 6) is -1.11. The predicted octanol–water partition coefficient (Wildman–Crippen LogP) is 2.33. The standard InChI is InChI=1S/C20H22F3NO6S/c1-24-7-6-18-12-4-5-19(27-8-9-28-19)17(18)29-16-14(30-31(25,26)20(21,22)23)3-2-11(15(16)18)10-13(12)24/h2-3,12-13,17H,4-10H2,1H3/t12-,13+,17+,18-/m0/s1. The van der Waals surface area contributed by atoms with Crippen LogP contribution < -0.4 is 8.92 Å². The van der Waals surface area contributed by atoms with Crippen LogP contribution in [0.15, 0.2) is 12.1 Å². The summed E-state index contributed by atoms with van der Waals surface area (Å²) in [7, 11) is -3.73. The number of alkyl halides is 3. The molecule has 7 nitrogen and oxygen atoms in total. The van der Waals surface area contributed by atoms with E-state index in [4.69, 9.17) is 14.2 Å². The van der Waals surface area contributed by atoms with Gasteiger partial charge in [-0.3, -0.25) is 0 Å². The summed E-state index contributed by atoms with van der Waals surface area (Å²) in [4.78, 5) is 2.33. The zero-order chi connectivity index (χ0) is 21.8. The van der Waals surface area contributed by atoms with Gasteiger partial charge >= 0.3 is 15.6 Å². The minimum atomic E-state index is -5.82. The Kier molecular flexibility index (Phi) is 3.93. The zero-order valence-electron chi connectivity index (χ0n) is 16.8. The summed E-state index contributed by atoms with van der Waals surface area (Å²) in [6.45, 7) is 1.62. The number of rotatable bonds is 2. The number of fused-ring (bicyclic) bond motifs is 1. The van der Waals surface area contributed by atoms with Crippen LogP contribution in [0.2, 0.25) is 0 Å². The lowest BCUT2D eigenvalue weighted by Gasteiger charge is -2.60. The molecular weight excluding hydrogens is 439 g/mol. The Labute approximate surface area is 177 Å². The van der Waals surface area contributed by atoms with Crippen LogP contribution in [0.1, 0.15) is 30.4 Å². The van der Waals surface area contributed by atoms with E-state index in [1.165, 1.54) is 6.07 Å². The molecule has 31 heavy (non-hydrogen) atoms. The van der Waals surface area contributed by atoms with Crippen molar-refractivity contribution in [1.82, 2.24) is 4.90 Å². The van der Waals surface area contributed by atoms with E-state index in [1.807, 2.05) is 0 Å². The second kappa shape index (κ2) is 6.06. The van der Waals surface area contributed by atoms with Crippen molar-refractivity contribution in [3.63, 3.8) is 0 Å². The van der Waals surface area contributed by atoms with E-state index in [0.29, 0.717) is 19.6 Å². The average molecular weight is 461 g/mol. The maximum atomic E-state index is 13.0. The van der Waals surface area contributed by atoms with Crippen molar-refractivity contribution in [2.45, 2.75) is 54.5 Å². The maximum Gasteiger partial charge on any atom is 0.534 e. The van der Waals surface area contributed by atoms with Gasteiger partial charge in [-0.1, -0.05) is 6.07 Å². The molecule has 1 saturated carbocycles. The summed E-state index contributed by atoms with van der Waals surface area (Å²) in [5.41, 5.74) is -4.30. The van der Waals surface area contributed by atoms with E-state index >= 15 is 0 Å². The number of hydrogen-bond acceptors (Lipinski definition) is 7. The van der Waals surface area contributed by atoms with Crippen molar-refractivity contribution in [3.8, 4) is 11.5 Å². The summed E-state index contributed by atoms with van der Waals surface area (Å²) in [6, 6.07) is 3.21. The number of hydrogen-bond donors (Lipinski definition) is 0. The lowest BCUT2D eigenvalue weighted by Crippen LogP contribution is -2.69. The molecule has 2 bridgehead atoms. The second-order valence-electron chi connectivity index (χ2n) is 9.10. The SMILES string of the molecule is CN1CC[C@]23c4c5ccc(OS(=O)(=O)C(F)(F)F)c4O[C@H]2C2(CC[C@H]3[C@H]1C5)OCCO2. The summed E-state index contributed by atoms with van der Waals surface area (Å²) < 4.78 is 85.5. The van der Waals surface area contributed by atoms with Gasteiger partial charge in [0.1, 0.15) is 0 Å². The Morgan fingerprint density at radius 2 is 1.94 bits per heavy atom. The monoisotopic (exact) mass is 461 g/mol. The third-order valence-electron chi connectivity index (χ3n) is 7.84. The summed E-state index contributed by atoms with van der Waals surface area (Å²) in [6.07, 6.45) is 2.33. The van der Waals surface area contributed by atoms with Crippen molar-refractivity contribution in [2.75, 3.05) is 26.8 Å². The van der Waals surface area contributed by atoms with Crippen LogP contribution in [0, 0.1) is 5.92 Å². The Morgan fingerprint density at radius 1 is 1.19 bits per heavy atom. The van der Waals surface area contributed by atoms with E-state index < -0.39 is 38.7 Å². The van der Waals surface area contributed by atoms with Crippen molar-refractivity contribution < 1.29 is 40.0 Å². The highest BCUT2D eigenvalue weighted by atomic mass is 32.2. The first kappa shape index (κ1) is 20.1. The number of benzene rings is 1. The third kappa shape index (κ3) is 2.43. The lowest BCUT2D eigenvalue weighted by molar-refractivity contribution is -0.260. The third-order valence-corrected chi connectivity index (χ3v) is 8.80. The van der Waals surface area contributed by atoms with Gasteiger partial charge in [0.2, 0.25) is 5.79 Å². The molecule has 2 saturated heterocycles. The number of halogens is 3. The topological polar surface area (TPSA) is 74.3 Å². The quantitative estimate of drug-likeness (QED) is 0.494. The Balaban J connectivity index is 1.54. The molecule has 0 aromatic heterocycles. The molecule has 0 unspecified atom stereocenters. The fraction of sp³-hybridized carbons (Fsp3) is 0.700. The van der Waals surface area contributed by atoms with Crippen LogP contribution in [-0.4, -0.2) is 63.6 Å². The summed E-state index contributed by atoms with van der Waals surface area (Å²) in [5, 5.41) is 0. The van der Waals surface area contributed by atoms with Crippen LogP contribution in [0.4, 0.5) is 13.2 Å². The number of piperidine rings is 1. The largest absolute Gasteiger partial charge is 0.534 e. The molecule has 2 spiro atoms. The first-order chi connectivity index (χ1) is 14.6. The van der Waals surface area contributed by atoms with E-state index in [1.54, 1.807) is 6.07 Å². The molecule has 3 heterocycles. The van der Waals surface area contributed by atoms with Gasteiger partial charge in [-0.15, -0.1) is 0 Å². The van der Waals surface area contributed by atoms with Gasteiger partial charge in [-0.2, -0.15) is 21.6 Å². The zero-order valence-corrected chi connectivity index (χ0v) is 17.6. The van der Waals surface area contributed by atoms with Crippen molar-refractivity contribution in [1.29, 1.82) is 0 Å². The van der Waals surface area contributed by atoms with Gasteiger partial charge < -0.3 is 23.3 Å². The fourth-order valence-corrected chi connectivity index (χ4v) is 7.16. The van der Waals surface area contributed by atoms with Crippen molar-refractivity contribution in [3.05, 3.63) is 23.3 Å². The molecule has 1 aromatic rings. The normalized spacial score (nSPS) is 35.7. The smallest absolute Gasteiger partial charge is 0.480 e. The molecule has 3 aliphatic heterocycles. The minimum Gasteiger partial charge on any atom is -0.480 e. The number of likely N-dealkylation sites (tertiary alicyclic amines) is 1. The Morgan fingerprint density at radius 3 is 2.65 bits per heavy atom. The second-order valence-corrected chi connectivity index (χ2v) is 10.6. The van der Waals surface area contributed by atoms with Gasteiger partial charge in [-0.05, 0) is 50.4 Å². The van der Waals surface area contributed by atoms with Crippen LogP contribution in [0.5, 0.6) is 11.5 Å². The molecular formula is C20H22F3NO6S. The lowest BCUT2D eigenvalue weighted by atomic mass is 9.50. The first-order valence-electron chi connectivity index (χ1n) is 10.4. The number of likely N-dealkylation sites (N-methyl/N-ethyl adjacent to an activating group) is 1. The molecule has 6 rings (SSSR count). The van der Waals surface area contributed by atoms with Gasteiger partial charge in [0.05, 0.1) is 13.2 Å². The van der Waals surface area contributed by atoms with Crippen LogP contribution in [0.25, 0.3) is 0 Å². The Hall–Kier alpha value is -1.56. The van der Waals surface area contributed by atoms with Gasteiger partial charge in [0.15, 0.2) is 17.6 Å². The van der Waals surface area contributed by atoms with Crippen molar-refractivity contribution in [2.24, 2.45) is 5.92 Å². The molecule has 0 amide bonds. The molecule has 0 N–H and O–H groups in total. The molecule has 11 heteroatoms.